The van der Waals surface area contributed by atoms with Gasteiger partial charge in [0.25, 0.3) is 10.0 Å². The summed E-state index contributed by atoms with van der Waals surface area (Å²) in [5, 5.41) is 15.7. The highest BCUT2D eigenvalue weighted by Gasteiger charge is 2.33. The molecule has 1 saturated carbocycles. The molecule has 1 aromatic carbocycles. The first-order valence-corrected chi connectivity index (χ1v) is 12.4. The lowest BCUT2D eigenvalue weighted by Gasteiger charge is -2.37. The fourth-order valence-electron chi connectivity index (χ4n) is 4.17. The van der Waals surface area contributed by atoms with Crippen LogP contribution >= 0.6 is 15.9 Å². The van der Waals surface area contributed by atoms with E-state index in [9.17, 15) is 13.2 Å². The van der Waals surface area contributed by atoms with Crippen LogP contribution in [-0.4, -0.2) is 40.2 Å². The average molecular weight is 522 g/mol. The molecule has 0 saturated heterocycles. The van der Waals surface area contributed by atoms with Gasteiger partial charge < -0.3 is 21.5 Å². The smallest absolute Gasteiger partial charge is 0.405 e. The van der Waals surface area contributed by atoms with E-state index in [1.807, 2.05) is 6.92 Å². The predicted molar refractivity (Wildman–Crippen MR) is 126 cm³/mol. The van der Waals surface area contributed by atoms with Crippen LogP contribution < -0.4 is 16.4 Å². The summed E-state index contributed by atoms with van der Waals surface area (Å²) >= 11 is 3.48. The lowest BCUT2D eigenvalue weighted by atomic mass is 9.81. The summed E-state index contributed by atoms with van der Waals surface area (Å²) in [6.07, 6.45) is 4.74. The Morgan fingerprint density at radius 2 is 1.94 bits per heavy atom. The Hall–Kier alpha value is -2.79. The molecule has 0 radical (unpaired) electrons. The number of pyridine rings is 1. The zero-order valence-corrected chi connectivity index (χ0v) is 19.8. The van der Waals surface area contributed by atoms with Crippen molar-refractivity contribution in [1.29, 1.82) is 0 Å². The first kappa shape index (κ1) is 22.4. The monoisotopic (exact) mass is 521 g/mol. The SMILES string of the molecule is C[C@]1(NC(=O)O)CC[C@@H](Nc2c(N)cnc3c2c(Br)cn3S(=O)(=O)c2ccccc2)CC1. The summed E-state index contributed by atoms with van der Waals surface area (Å²) in [4.78, 5) is 15.5. The summed E-state index contributed by atoms with van der Waals surface area (Å²) in [7, 11) is -3.84. The van der Waals surface area contributed by atoms with E-state index in [0.29, 0.717) is 34.1 Å². The maximum atomic E-state index is 13.2. The van der Waals surface area contributed by atoms with Gasteiger partial charge >= 0.3 is 6.09 Å². The number of benzene rings is 1. The number of carbonyl (C=O) groups is 1. The molecule has 3 aromatic rings. The molecule has 1 aliphatic rings. The van der Waals surface area contributed by atoms with Crippen molar-refractivity contribution >= 4 is 54.5 Å². The number of nitrogen functional groups attached to an aromatic ring is 1. The van der Waals surface area contributed by atoms with Gasteiger partial charge in [-0.3, -0.25) is 0 Å². The topological polar surface area (TPSA) is 139 Å². The molecule has 2 aromatic heterocycles. The molecule has 32 heavy (non-hydrogen) atoms. The standard InChI is InChI=1S/C21H24BrN5O4S/c1-21(26-20(28)29)9-7-13(8-10-21)25-18-16(23)11-24-19-17(18)15(22)12-27(19)32(30,31)14-5-3-2-4-6-14/h2-6,11-13,26H,7-10,23H2,1H3,(H,24,25)(H,28,29)/t13-,21+. The fourth-order valence-corrected chi connectivity index (χ4v) is 6.22. The van der Waals surface area contributed by atoms with Crippen LogP contribution in [0.4, 0.5) is 16.2 Å². The normalized spacial score (nSPS) is 21.4. The predicted octanol–water partition coefficient (Wildman–Crippen LogP) is 4.00. The molecule has 0 unspecified atom stereocenters. The number of nitrogens with zero attached hydrogens (tertiary/aromatic N) is 2. The van der Waals surface area contributed by atoms with E-state index < -0.39 is 21.7 Å². The van der Waals surface area contributed by atoms with E-state index in [-0.39, 0.29) is 16.6 Å². The molecule has 1 aliphatic carbocycles. The molecule has 2 heterocycles. The van der Waals surface area contributed by atoms with Gasteiger partial charge in [-0.15, -0.1) is 0 Å². The van der Waals surface area contributed by atoms with E-state index in [2.05, 4.69) is 31.5 Å². The molecule has 0 atom stereocenters. The first-order chi connectivity index (χ1) is 15.1. The fraction of sp³-hybridized carbons (Fsp3) is 0.333. The van der Waals surface area contributed by atoms with Crippen molar-refractivity contribution in [3.05, 3.63) is 47.2 Å². The molecule has 4 rings (SSSR count). The molecule has 0 spiro atoms. The number of nitrogens with two attached hydrogens (primary N) is 1. The Bertz CT molecular complexity index is 1270. The lowest BCUT2D eigenvalue weighted by molar-refractivity contribution is 0.166. The second-order valence-electron chi connectivity index (χ2n) is 8.29. The second kappa shape index (κ2) is 8.28. The molecular formula is C21H24BrN5O4S. The van der Waals surface area contributed by atoms with Crippen molar-refractivity contribution in [2.45, 2.75) is 49.1 Å². The summed E-state index contributed by atoms with van der Waals surface area (Å²) < 4.78 is 28.1. The number of amides is 1. The average Bonchev–Trinajstić information content (AvgIpc) is 3.09. The lowest BCUT2D eigenvalue weighted by Crippen LogP contribution is -2.49. The minimum atomic E-state index is -3.84. The molecule has 9 nitrogen and oxygen atoms in total. The quantitative estimate of drug-likeness (QED) is 0.397. The number of nitrogens with one attached hydrogen (secondary N) is 2. The van der Waals surface area contributed by atoms with Crippen LogP contribution in [0.25, 0.3) is 11.0 Å². The Balaban J connectivity index is 1.67. The number of hydrogen-bond donors (Lipinski definition) is 4. The number of fused-ring (bicyclic) bond motifs is 1. The number of hydrogen-bond acceptors (Lipinski definition) is 6. The van der Waals surface area contributed by atoms with E-state index in [1.54, 1.807) is 18.2 Å². The van der Waals surface area contributed by atoms with Crippen molar-refractivity contribution in [2.24, 2.45) is 0 Å². The number of carboxylic acid groups (broad SMARTS) is 1. The Morgan fingerprint density at radius 1 is 1.28 bits per heavy atom. The maximum Gasteiger partial charge on any atom is 0.405 e. The minimum Gasteiger partial charge on any atom is -0.465 e. The molecular weight excluding hydrogens is 498 g/mol. The summed E-state index contributed by atoms with van der Waals surface area (Å²) in [6, 6.07) is 8.23. The van der Waals surface area contributed by atoms with Crippen LogP contribution in [0.1, 0.15) is 32.6 Å². The first-order valence-electron chi connectivity index (χ1n) is 10.1. The van der Waals surface area contributed by atoms with E-state index in [0.717, 1.165) is 16.8 Å². The van der Waals surface area contributed by atoms with Crippen LogP contribution in [0.2, 0.25) is 0 Å². The van der Waals surface area contributed by atoms with Crippen LogP contribution in [0, 0.1) is 0 Å². The molecule has 1 fully saturated rings. The zero-order chi connectivity index (χ0) is 23.1. The number of anilines is 2. The Labute approximate surface area is 194 Å². The highest BCUT2D eigenvalue weighted by molar-refractivity contribution is 9.10. The number of aromatic nitrogens is 2. The van der Waals surface area contributed by atoms with Crippen molar-refractivity contribution < 1.29 is 18.3 Å². The van der Waals surface area contributed by atoms with Gasteiger partial charge in [0, 0.05) is 22.3 Å². The van der Waals surface area contributed by atoms with Crippen LogP contribution in [-0.2, 0) is 10.0 Å². The highest BCUT2D eigenvalue weighted by Crippen LogP contribution is 2.39. The van der Waals surface area contributed by atoms with Gasteiger partial charge in [0.15, 0.2) is 5.65 Å². The minimum absolute atomic E-state index is 0.0625. The summed E-state index contributed by atoms with van der Waals surface area (Å²) in [5.74, 6) is 0. The molecule has 11 heteroatoms. The molecule has 0 bridgehead atoms. The molecule has 5 N–H and O–H groups in total. The zero-order valence-electron chi connectivity index (χ0n) is 17.4. The maximum absolute atomic E-state index is 13.2. The third-order valence-corrected chi connectivity index (χ3v) is 8.18. The Kier molecular flexibility index (Phi) is 5.80. The molecule has 1 amide bonds. The van der Waals surface area contributed by atoms with Gasteiger partial charge in [0.2, 0.25) is 0 Å². The summed E-state index contributed by atoms with van der Waals surface area (Å²) in [6.45, 7) is 1.90. The van der Waals surface area contributed by atoms with Gasteiger partial charge in [-0.25, -0.2) is 22.2 Å². The van der Waals surface area contributed by atoms with Gasteiger partial charge in [0.05, 0.1) is 27.9 Å². The number of halogens is 1. The van der Waals surface area contributed by atoms with Crippen molar-refractivity contribution in [3.63, 3.8) is 0 Å². The van der Waals surface area contributed by atoms with Crippen molar-refractivity contribution in [2.75, 3.05) is 11.1 Å². The van der Waals surface area contributed by atoms with E-state index >= 15 is 0 Å². The van der Waals surface area contributed by atoms with Crippen LogP contribution in [0.3, 0.4) is 0 Å². The largest absolute Gasteiger partial charge is 0.465 e. The van der Waals surface area contributed by atoms with Gasteiger partial charge in [-0.05, 0) is 60.7 Å². The number of rotatable bonds is 5. The second-order valence-corrected chi connectivity index (χ2v) is 11.0. The van der Waals surface area contributed by atoms with E-state index in [4.69, 9.17) is 10.8 Å². The molecule has 170 valence electrons. The highest BCUT2D eigenvalue weighted by atomic mass is 79.9. The van der Waals surface area contributed by atoms with Crippen LogP contribution in [0.15, 0.2) is 52.1 Å². The molecule has 0 aliphatic heterocycles. The van der Waals surface area contributed by atoms with Gasteiger partial charge in [-0.1, -0.05) is 18.2 Å². The van der Waals surface area contributed by atoms with E-state index in [1.165, 1.54) is 24.5 Å². The van der Waals surface area contributed by atoms with Gasteiger partial charge in [-0.2, -0.15) is 0 Å². The third kappa shape index (κ3) is 4.14. The van der Waals surface area contributed by atoms with Gasteiger partial charge in [0.1, 0.15) is 0 Å². The Morgan fingerprint density at radius 3 is 2.56 bits per heavy atom. The van der Waals surface area contributed by atoms with Crippen LogP contribution in [0.5, 0.6) is 0 Å². The van der Waals surface area contributed by atoms with Crippen molar-refractivity contribution in [1.82, 2.24) is 14.3 Å². The summed E-state index contributed by atoms with van der Waals surface area (Å²) in [5.41, 5.74) is 7.06. The van der Waals surface area contributed by atoms with Crippen molar-refractivity contribution in [3.8, 4) is 0 Å². The third-order valence-electron chi connectivity index (χ3n) is 5.91.